The molecule has 1 unspecified atom stereocenters. The van der Waals surface area contributed by atoms with Gasteiger partial charge in [-0.05, 0) is 52.1 Å². The smallest absolute Gasteiger partial charge is 0.0693 e. The normalized spacial score (nSPS) is 34.8. The monoisotopic (exact) mass is 212 g/mol. The van der Waals surface area contributed by atoms with Gasteiger partial charge in [0.2, 0.25) is 0 Å². The highest BCUT2D eigenvalue weighted by molar-refractivity contribution is 4.85. The van der Waals surface area contributed by atoms with Crippen LogP contribution in [0.25, 0.3) is 0 Å². The molecule has 0 amide bonds. The van der Waals surface area contributed by atoms with Gasteiger partial charge in [-0.25, -0.2) is 0 Å². The molecule has 1 saturated carbocycles. The Morgan fingerprint density at radius 1 is 1.27 bits per heavy atom. The van der Waals surface area contributed by atoms with Crippen LogP contribution < -0.4 is 5.32 Å². The van der Waals surface area contributed by atoms with E-state index in [1.807, 2.05) is 0 Å². The molecule has 1 heterocycles. The first-order chi connectivity index (χ1) is 7.25. The number of aliphatic hydroxyl groups is 1. The highest BCUT2D eigenvalue weighted by Crippen LogP contribution is 2.19. The second-order valence-corrected chi connectivity index (χ2v) is 5.18. The Morgan fingerprint density at radius 3 is 2.60 bits per heavy atom. The van der Waals surface area contributed by atoms with Crippen molar-refractivity contribution in [2.24, 2.45) is 0 Å². The van der Waals surface area contributed by atoms with E-state index < -0.39 is 0 Å². The molecule has 0 aromatic rings. The van der Waals surface area contributed by atoms with E-state index in [2.05, 4.69) is 17.1 Å². The fourth-order valence-corrected chi connectivity index (χ4v) is 2.91. The van der Waals surface area contributed by atoms with E-state index in [1.165, 1.54) is 32.4 Å². The summed E-state index contributed by atoms with van der Waals surface area (Å²) in [6.45, 7) is 5.91. The van der Waals surface area contributed by atoms with Gasteiger partial charge < -0.3 is 15.3 Å². The Bertz CT molecular complexity index is 192. The van der Waals surface area contributed by atoms with Crippen molar-refractivity contribution >= 4 is 0 Å². The van der Waals surface area contributed by atoms with Gasteiger partial charge in [0.1, 0.15) is 0 Å². The minimum absolute atomic E-state index is 0.106. The summed E-state index contributed by atoms with van der Waals surface area (Å²) in [5, 5.41) is 13.3. The van der Waals surface area contributed by atoms with E-state index in [9.17, 15) is 5.11 Å². The zero-order valence-corrected chi connectivity index (χ0v) is 9.78. The molecule has 15 heavy (non-hydrogen) atoms. The lowest BCUT2D eigenvalue weighted by atomic mass is 10.2. The van der Waals surface area contributed by atoms with Gasteiger partial charge in [0.05, 0.1) is 6.10 Å². The number of rotatable bonds is 4. The van der Waals surface area contributed by atoms with Crippen molar-refractivity contribution in [1.82, 2.24) is 10.2 Å². The zero-order valence-electron chi connectivity index (χ0n) is 9.78. The molecular weight excluding hydrogens is 188 g/mol. The van der Waals surface area contributed by atoms with Gasteiger partial charge >= 0.3 is 0 Å². The van der Waals surface area contributed by atoms with Crippen LogP contribution in [0.2, 0.25) is 0 Å². The maximum absolute atomic E-state index is 9.72. The molecule has 88 valence electrons. The maximum atomic E-state index is 9.72. The lowest BCUT2D eigenvalue weighted by Crippen LogP contribution is -2.46. The fraction of sp³-hybridized carbons (Fsp3) is 1.00. The van der Waals surface area contributed by atoms with Gasteiger partial charge in [-0.15, -0.1) is 0 Å². The minimum Gasteiger partial charge on any atom is -0.392 e. The maximum Gasteiger partial charge on any atom is 0.0693 e. The third kappa shape index (κ3) is 3.16. The van der Waals surface area contributed by atoms with Crippen LogP contribution in [0.5, 0.6) is 0 Å². The van der Waals surface area contributed by atoms with Crippen molar-refractivity contribution in [3.63, 3.8) is 0 Å². The second-order valence-electron chi connectivity index (χ2n) is 5.18. The van der Waals surface area contributed by atoms with Crippen LogP contribution in [0.4, 0.5) is 0 Å². The number of aliphatic hydroxyl groups excluding tert-OH is 1. The summed E-state index contributed by atoms with van der Waals surface area (Å²) in [7, 11) is 0. The van der Waals surface area contributed by atoms with Crippen molar-refractivity contribution in [2.45, 2.75) is 57.2 Å². The minimum atomic E-state index is -0.106. The first kappa shape index (κ1) is 11.4. The topological polar surface area (TPSA) is 35.5 Å². The van der Waals surface area contributed by atoms with Crippen molar-refractivity contribution in [1.29, 1.82) is 0 Å². The largest absolute Gasteiger partial charge is 0.392 e. The van der Waals surface area contributed by atoms with Crippen LogP contribution in [0.3, 0.4) is 0 Å². The van der Waals surface area contributed by atoms with Crippen LogP contribution in [-0.2, 0) is 0 Å². The van der Waals surface area contributed by atoms with E-state index >= 15 is 0 Å². The van der Waals surface area contributed by atoms with Crippen LogP contribution in [-0.4, -0.2) is 47.8 Å². The van der Waals surface area contributed by atoms with Gasteiger partial charge in [-0.1, -0.05) is 0 Å². The van der Waals surface area contributed by atoms with Gasteiger partial charge in [0.25, 0.3) is 0 Å². The summed E-state index contributed by atoms with van der Waals surface area (Å²) in [6, 6.07) is 0.864. The summed E-state index contributed by atoms with van der Waals surface area (Å²) in [5.41, 5.74) is 0. The summed E-state index contributed by atoms with van der Waals surface area (Å²) >= 11 is 0. The third-order valence-electron chi connectivity index (χ3n) is 3.71. The molecule has 0 aromatic heterocycles. The predicted octanol–water partition coefficient (Wildman–Crippen LogP) is 0.974. The van der Waals surface area contributed by atoms with Crippen molar-refractivity contribution in [3.05, 3.63) is 0 Å². The van der Waals surface area contributed by atoms with Gasteiger partial charge in [-0.3, -0.25) is 0 Å². The van der Waals surface area contributed by atoms with Crippen molar-refractivity contribution in [3.8, 4) is 0 Å². The lowest BCUT2D eigenvalue weighted by Gasteiger charge is -2.25. The molecule has 1 aliphatic carbocycles. The molecule has 2 N–H and O–H groups in total. The molecule has 0 spiro atoms. The Kier molecular flexibility index (Phi) is 4.00. The summed E-state index contributed by atoms with van der Waals surface area (Å²) in [4.78, 5) is 2.53. The average molecular weight is 212 g/mol. The quantitative estimate of drug-likeness (QED) is 0.729. The van der Waals surface area contributed by atoms with Crippen molar-refractivity contribution in [2.75, 3.05) is 19.6 Å². The molecule has 3 atom stereocenters. The molecule has 0 bridgehead atoms. The zero-order chi connectivity index (χ0) is 10.7. The number of likely N-dealkylation sites (tertiary alicyclic amines) is 1. The van der Waals surface area contributed by atoms with Crippen LogP contribution >= 0.6 is 0 Å². The van der Waals surface area contributed by atoms with Gasteiger partial charge in [0, 0.05) is 18.6 Å². The number of hydrogen-bond donors (Lipinski definition) is 2. The fourth-order valence-electron chi connectivity index (χ4n) is 2.91. The highest BCUT2D eigenvalue weighted by atomic mass is 16.3. The Balaban J connectivity index is 1.69. The third-order valence-corrected chi connectivity index (χ3v) is 3.71. The standard InChI is InChI=1S/C12H24N2O/c1-10(9-14-7-2-3-8-14)13-11-5-4-6-12(11)15/h10-13,15H,2-9H2,1H3/t10?,11-,12-/m0/s1. The summed E-state index contributed by atoms with van der Waals surface area (Å²) in [6.07, 6.45) is 5.91. The molecule has 1 aliphatic heterocycles. The van der Waals surface area contributed by atoms with E-state index in [-0.39, 0.29) is 6.10 Å². The van der Waals surface area contributed by atoms with E-state index in [4.69, 9.17) is 0 Å². The van der Waals surface area contributed by atoms with Gasteiger partial charge in [-0.2, -0.15) is 0 Å². The molecule has 2 aliphatic rings. The van der Waals surface area contributed by atoms with Crippen LogP contribution in [0.15, 0.2) is 0 Å². The summed E-state index contributed by atoms with van der Waals surface area (Å²) in [5.74, 6) is 0. The Labute approximate surface area is 92.8 Å². The predicted molar refractivity (Wildman–Crippen MR) is 61.9 cm³/mol. The number of nitrogens with one attached hydrogen (secondary N) is 1. The van der Waals surface area contributed by atoms with Crippen molar-refractivity contribution < 1.29 is 5.11 Å². The van der Waals surface area contributed by atoms with E-state index in [0.717, 1.165) is 19.4 Å². The van der Waals surface area contributed by atoms with Crippen LogP contribution in [0.1, 0.15) is 39.0 Å². The molecule has 3 heteroatoms. The first-order valence-electron chi connectivity index (χ1n) is 6.42. The SMILES string of the molecule is CC(CN1CCCC1)N[C@H]1CCC[C@@H]1O. The molecule has 2 rings (SSSR count). The first-order valence-corrected chi connectivity index (χ1v) is 6.42. The average Bonchev–Trinajstić information content (AvgIpc) is 2.79. The van der Waals surface area contributed by atoms with Crippen LogP contribution in [0, 0.1) is 0 Å². The molecule has 1 saturated heterocycles. The molecule has 3 nitrogen and oxygen atoms in total. The molecule has 0 aromatic carbocycles. The Hall–Kier alpha value is -0.120. The van der Waals surface area contributed by atoms with E-state index in [1.54, 1.807) is 0 Å². The lowest BCUT2D eigenvalue weighted by molar-refractivity contribution is 0.139. The summed E-state index contributed by atoms with van der Waals surface area (Å²) < 4.78 is 0. The number of nitrogens with zero attached hydrogens (tertiary/aromatic N) is 1. The second kappa shape index (κ2) is 5.28. The number of hydrogen-bond acceptors (Lipinski definition) is 3. The molecule has 0 radical (unpaired) electrons. The Morgan fingerprint density at radius 2 is 2.00 bits per heavy atom. The van der Waals surface area contributed by atoms with E-state index in [0.29, 0.717) is 12.1 Å². The highest BCUT2D eigenvalue weighted by Gasteiger charge is 2.26. The molecular formula is C12H24N2O. The molecule has 2 fully saturated rings. The van der Waals surface area contributed by atoms with Gasteiger partial charge in [0.15, 0.2) is 0 Å².